The van der Waals surface area contributed by atoms with Crippen molar-refractivity contribution in [1.29, 1.82) is 0 Å². The molecule has 5 nitrogen and oxygen atoms in total. The molecule has 3 N–H and O–H groups in total. The molecule has 0 saturated carbocycles. The van der Waals surface area contributed by atoms with Gasteiger partial charge in [0, 0.05) is 12.1 Å². The molecule has 0 radical (unpaired) electrons. The van der Waals surface area contributed by atoms with E-state index in [4.69, 9.17) is 5.73 Å². The Hall–Kier alpha value is -1.14. The molecule has 1 heterocycles. The minimum absolute atomic E-state index is 0.180. The molecule has 0 saturated heterocycles. The highest BCUT2D eigenvalue weighted by Gasteiger charge is 2.20. The minimum Gasteiger partial charge on any atom is -0.381 e. The second-order valence-corrected chi connectivity index (χ2v) is 5.36. The molecule has 0 spiro atoms. The van der Waals surface area contributed by atoms with Crippen LogP contribution in [0, 0.1) is 0 Å². The maximum atomic E-state index is 12.0. The first-order chi connectivity index (χ1) is 8.97. The maximum Gasteiger partial charge on any atom is 0.283 e. The standard InChI is InChI=1S/C13H21BrN4O/c1-4-7-18-12(19)11(14)10(8-17-18)16-9-13(15,5-2)6-3/h4,8,16H,1,5-7,9,15H2,2-3H3. The van der Waals surface area contributed by atoms with Crippen molar-refractivity contribution in [1.82, 2.24) is 9.78 Å². The maximum absolute atomic E-state index is 12.0. The third-order valence-corrected chi connectivity index (χ3v) is 4.09. The van der Waals surface area contributed by atoms with Crippen molar-refractivity contribution in [3.63, 3.8) is 0 Å². The lowest BCUT2D eigenvalue weighted by molar-refractivity contribution is 0.418. The van der Waals surface area contributed by atoms with Crippen LogP contribution < -0.4 is 16.6 Å². The smallest absolute Gasteiger partial charge is 0.283 e. The Balaban J connectivity index is 2.89. The van der Waals surface area contributed by atoms with Gasteiger partial charge in [0.15, 0.2) is 0 Å². The van der Waals surface area contributed by atoms with Crippen LogP contribution in [0.25, 0.3) is 0 Å². The lowest BCUT2D eigenvalue weighted by atomic mass is 9.94. The minimum atomic E-state index is -0.268. The second-order valence-electron chi connectivity index (χ2n) is 4.57. The van der Waals surface area contributed by atoms with Crippen molar-refractivity contribution in [2.24, 2.45) is 5.73 Å². The van der Waals surface area contributed by atoms with E-state index in [2.05, 4.69) is 46.8 Å². The Bertz CT molecular complexity index is 494. The number of hydrogen-bond donors (Lipinski definition) is 2. The van der Waals surface area contributed by atoms with Gasteiger partial charge in [-0.2, -0.15) is 5.10 Å². The van der Waals surface area contributed by atoms with Gasteiger partial charge >= 0.3 is 0 Å². The van der Waals surface area contributed by atoms with Crippen LogP contribution in [0.15, 0.2) is 28.1 Å². The van der Waals surface area contributed by atoms with Gasteiger partial charge in [0.2, 0.25) is 0 Å². The zero-order valence-corrected chi connectivity index (χ0v) is 13.0. The monoisotopic (exact) mass is 328 g/mol. The predicted molar refractivity (Wildman–Crippen MR) is 82.4 cm³/mol. The van der Waals surface area contributed by atoms with Crippen LogP contribution in [0.1, 0.15) is 26.7 Å². The molecule has 0 amide bonds. The Morgan fingerprint density at radius 2 is 2.21 bits per heavy atom. The molecule has 0 unspecified atom stereocenters. The molecule has 0 fully saturated rings. The first-order valence-corrected chi connectivity index (χ1v) is 7.16. The fourth-order valence-corrected chi connectivity index (χ4v) is 2.06. The molecule has 0 aliphatic carbocycles. The summed E-state index contributed by atoms with van der Waals surface area (Å²) in [6.07, 6.45) is 5.00. The van der Waals surface area contributed by atoms with Gasteiger partial charge < -0.3 is 11.1 Å². The van der Waals surface area contributed by atoms with Crippen molar-refractivity contribution in [2.75, 3.05) is 11.9 Å². The molecular weight excluding hydrogens is 308 g/mol. The van der Waals surface area contributed by atoms with Crippen LogP contribution in [0.4, 0.5) is 5.69 Å². The van der Waals surface area contributed by atoms with Crippen LogP contribution >= 0.6 is 15.9 Å². The molecule has 0 aliphatic rings. The molecule has 19 heavy (non-hydrogen) atoms. The van der Waals surface area contributed by atoms with Gasteiger partial charge in [0.1, 0.15) is 4.47 Å². The van der Waals surface area contributed by atoms with E-state index in [0.717, 1.165) is 12.8 Å². The molecule has 6 heteroatoms. The number of nitrogens with two attached hydrogens (primary N) is 1. The van der Waals surface area contributed by atoms with Crippen molar-refractivity contribution >= 4 is 21.6 Å². The van der Waals surface area contributed by atoms with E-state index in [9.17, 15) is 4.79 Å². The third kappa shape index (κ3) is 3.91. The SMILES string of the molecule is C=CCn1ncc(NCC(N)(CC)CC)c(Br)c1=O. The van der Waals surface area contributed by atoms with E-state index in [1.165, 1.54) is 4.68 Å². The number of hydrogen-bond acceptors (Lipinski definition) is 4. The Kier molecular flexibility index (Phi) is 5.75. The molecule has 0 atom stereocenters. The topological polar surface area (TPSA) is 72.9 Å². The summed E-state index contributed by atoms with van der Waals surface area (Å²) in [7, 11) is 0. The molecule has 0 aromatic carbocycles. The van der Waals surface area contributed by atoms with Crippen molar-refractivity contribution in [3.05, 3.63) is 33.7 Å². The molecule has 106 valence electrons. The number of rotatable bonds is 7. The molecule has 0 aliphatic heterocycles. The van der Waals surface area contributed by atoms with Crippen LogP contribution in [0.3, 0.4) is 0 Å². The van der Waals surface area contributed by atoms with E-state index in [0.29, 0.717) is 23.2 Å². The zero-order valence-electron chi connectivity index (χ0n) is 11.4. The molecular formula is C13H21BrN4O. The Morgan fingerprint density at radius 1 is 1.58 bits per heavy atom. The fourth-order valence-electron chi connectivity index (χ4n) is 1.61. The summed E-state index contributed by atoms with van der Waals surface area (Å²) in [5, 5.41) is 7.27. The number of halogens is 1. The summed E-state index contributed by atoms with van der Waals surface area (Å²) in [5.41, 5.74) is 6.44. The molecule has 0 bridgehead atoms. The van der Waals surface area contributed by atoms with Gasteiger partial charge in [-0.15, -0.1) is 6.58 Å². The van der Waals surface area contributed by atoms with E-state index in [-0.39, 0.29) is 11.1 Å². The van der Waals surface area contributed by atoms with E-state index >= 15 is 0 Å². The molecule has 1 aromatic rings. The number of aromatic nitrogens is 2. The first kappa shape index (κ1) is 15.9. The number of anilines is 1. The van der Waals surface area contributed by atoms with Crippen LogP contribution in [0.5, 0.6) is 0 Å². The van der Waals surface area contributed by atoms with Gasteiger partial charge in [0.05, 0.1) is 18.4 Å². The van der Waals surface area contributed by atoms with Crippen LogP contribution in [0.2, 0.25) is 0 Å². The Labute approximate surface area is 122 Å². The van der Waals surface area contributed by atoms with E-state index in [1.807, 2.05) is 0 Å². The van der Waals surface area contributed by atoms with Gasteiger partial charge in [-0.1, -0.05) is 19.9 Å². The third-order valence-electron chi connectivity index (χ3n) is 3.33. The van der Waals surface area contributed by atoms with Crippen LogP contribution in [-0.4, -0.2) is 21.9 Å². The lowest BCUT2D eigenvalue weighted by Gasteiger charge is -2.27. The zero-order chi connectivity index (χ0) is 14.5. The second kappa shape index (κ2) is 6.86. The summed E-state index contributed by atoms with van der Waals surface area (Å²) >= 11 is 3.30. The average Bonchev–Trinajstić information content (AvgIpc) is 2.43. The highest BCUT2D eigenvalue weighted by molar-refractivity contribution is 9.10. The van der Waals surface area contributed by atoms with Gasteiger partial charge in [-0.3, -0.25) is 4.79 Å². The molecule has 1 rings (SSSR count). The number of allylic oxidation sites excluding steroid dienone is 1. The summed E-state index contributed by atoms with van der Waals surface area (Å²) in [4.78, 5) is 12.0. The number of nitrogens with zero attached hydrogens (tertiary/aromatic N) is 2. The average molecular weight is 329 g/mol. The van der Waals surface area contributed by atoms with Crippen molar-refractivity contribution < 1.29 is 0 Å². The Morgan fingerprint density at radius 3 is 2.74 bits per heavy atom. The van der Waals surface area contributed by atoms with E-state index < -0.39 is 0 Å². The van der Waals surface area contributed by atoms with E-state index in [1.54, 1.807) is 12.3 Å². The van der Waals surface area contributed by atoms with Gasteiger partial charge in [0.25, 0.3) is 5.56 Å². The summed E-state index contributed by atoms with van der Waals surface area (Å²) in [6, 6.07) is 0. The summed E-state index contributed by atoms with van der Waals surface area (Å²) < 4.78 is 1.82. The quantitative estimate of drug-likeness (QED) is 0.752. The fraction of sp³-hybridized carbons (Fsp3) is 0.538. The largest absolute Gasteiger partial charge is 0.381 e. The first-order valence-electron chi connectivity index (χ1n) is 6.36. The van der Waals surface area contributed by atoms with Crippen molar-refractivity contribution in [2.45, 2.75) is 38.8 Å². The summed E-state index contributed by atoms with van der Waals surface area (Å²) in [5.74, 6) is 0. The normalized spacial score (nSPS) is 11.4. The highest BCUT2D eigenvalue weighted by atomic mass is 79.9. The lowest BCUT2D eigenvalue weighted by Crippen LogP contribution is -2.45. The van der Waals surface area contributed by atoms with Crippen LogP contribution in [-0.2, 0) is 6.54 Å². The van der Waals surface area contributed by atoms with Gasteiger partial charge in [-0.25, -0.2) is 4.68 Å². The van der Waals surface area contributed by atoms with Gasteiger partial charge in [-0.05, 0) is 28.8 Å². The highest BCUT2D eigenvalue weighted by Crippen LogP contribution is 2.18. The summed E-state index contributed by atoms with van der Waals surface area (Å²) in [6.45, 7) is 8.70. The van der Waals surface area contributed by atoms with Crippen molar-refractivity contribution in [3.8, 4) is 0 Å². The molecule has 1 aromatic heterocycles. The number of nitrogens with one attached hydrogen (secondary N) is 1. The predicted octanol–water partition coefficient (Wildman–Crippen LogP) is 2.12.